The molecule has 0 radical (unpaired) electrons. The minimum absolute atomic E-state index is 0.0575. The number of hydrogen-bond donors (Lipinski definition) is 0. The van der Waals surface area contributed by atoms with Crippen LogP contribution in [0.2, 0.25) is 0 Å². The summed E-state index contributed by atoms with van der Waals surface area (Å²) in [4.78, 5) is 0. The van der Waals surface area contributed by atoms with Gasteiger partial charge in [0.2, 0.25) is 0 Å². The summed E-state index contributed by atoms with van der Waals surface area (Å²) in [6.45, 7) is 12.5. The van der Waals surface area contributed by atoms with Crippen molar-refractivity contribution in [3.8, 4) is 0 Å². The van der Waals surface area contributed by atoms with Crippen molar-refractivity contribution in [2.24, 2.45) is 0 Å². The maximum Gasteiger partial charge on any atom is 0.0753 e. The van der Waals surface area contributed by atoms with Gasteiger partial charge in [0.15, 0.2) is 0 Å². The predicted octanol–water partition coefficient (Wildman–Crippen LogP) is 4.75. The molecule has 0 aromatic heterocycles. The van der Waals surface area contributed by atoms with Crippen molar-refractivity contribution in [1.29, 1.82) is 0 Å². The SMILES string of the molecule is CC=CC(C)(C=CCC)SOC(C)(C)C. The monoisotopic (exact) mass is 228 g/mol. The number of rotatable bonds is 5. The standard InChI is InChI=1S/C13H24OS/c1-7-9-11-13(6,10-8-2)15-14-12(3,4)5/h8-11H,7H2,1-6H3. The molecule has 0 aliphatic carbocycles. The van der Waals surface area contributed by atoms with Gasteiger partial charge in [0.05, 0.1) is 10.3 Å². The molecule has 0 heterocycles. The van der Waals surface area contributed by atoms with Crippen molar-refractivity contribution in [2.75, 3.05) is 0 Å². The van der Waals surface area contributed by atoms with Crippen molar-refractivity contribution in [1.82, 2.24) is 0 Å². The normalized spacial score (nSPS) is 17.5. The van der Waals surface area contributed by atoms with E-state index in [1.165, 1.54) is 12.0 Å². The lowest BCUT2D eigenvalue weighted by Crippen LogP contribution is -2.21. The van der Waals surface area contributed by atoms with Gasteiger partial charge < -0.3 is 4.18 Å². The van der Waals surface area contributed by atoms with E-state index in [-0.39, 0.29) is 10.3 Å². The molecule has 0 saturated heterocycles. The maximum absolute atomic E-state index is 5.76. The van der Waals surface area contributed by atoms with Crippen LogP contribution in [0.5, 0.6) is 0 Å². The lowest BCUT2D eigenvalue weighted by Gasteiger charge is -2.26. The highest BCUT2D eigenvalue weighted by Crippen LogP contribution is 2.33. The molecule has 0 fully saturated rings. The van der Waals surface area contributed by atoms with Gasteiger partial charge in [-0.3, -0.25) is 0 Å². The highest BCUT2D eigenvalue weighted by Gasteiger charge is 2.22. The van der Waals surface area contributed by atoms with Gasteiger partial charge in [-0.15, -0.1) is 0 Å². The fourth-order valence-electron chi connectivity index (χ4n) is 1.01. The van der Waals surface area contributed by atoms with Gasteiger partial charge in [-0.05, 0) is 41.0 Å². The molecule has 0 aromatic carbocycles. The zero-order chi connectivity index (χ0) is 11.9. The van der Waals surface area contributed by atoms with Gasteiger partial charge in [-0.1, -0.05) is 31.2 Å². The Morgan fingerprint density at radius 3 is 2.13 bits per heavy atom. The van der Waals surface area contributed by atoms with E-state index < -0.39 is 0 Å². The molecular formula is C13H24OS. The molecule has 0 N–H and O–H groups in total. The second-order valence-corrected chi connectivity index (χ2v) is 5.99. The smallest absolute Gasteiger partial charge is 0.0753 e. The minimum Gasteiger partial charge on any atom is -0.308 e. The van der Waals surface area contributed by atoms with Crippen LogP contribution in [-0.2, 0) is 4.18 Å². The number of allylic oxidation sites excluding steroid dienone is 2. The Hall–Kier alpha value is -0.210. The average molecular weight is 228 g/mol. The highest BCUT2D eigenvalue weighted by molar-refractivity contribution is 7.96. The van der Waals surface area contributed by atoms with Crippen molar-refractivity contribution in [3.63, 3.8) is 0 Å². The first-order valence-corrected chi connectivity index (χ1v) is 6.25. The van der Waals surface area contributed by atoms with Gasteiger partial charge in [0, 0.05) is 12.0 Å². The van der Waals surface area contributed by atoms with Crippen molar-refractivity contribution < 1.29 is 4.18 Å². The van der Waals surface area contributed by atoms with E-state index >= 15 is 0 Å². The lowest BCUT2D eigenvalue weighted by molar-refractivity contribution is 0.163. The molecule has 1 unspecified atom stereocenters. The zero-order valence-corrected chi connectivity index (χ0v) is 11.6. The van der Waals surface area contributed by atoms with E-state index in [9.17, 15) is 0 Å². The summed E-state index contributed by atoms with van der Waals surface area (Å²) in [6.07, 6.45) is 9.67. The lowest BCUT2D eigenvalue weighted by atomic mass is 10.1. The third-order valence-corrected chi connectivity index (χ3v) is 2.87. The molecule has 88 valence electrons. The molecule has 0 saturated carbocycles. The van der Waals surface area contributed by atoms with Crippen LogP contribution in [-0.4, -0.2) is 10.3 Å². The first-order valence-electron chi connectivity index (χ1n) is 5.51. The quantitative estimate of drug-likeness (QED) is 0.496. The highest BCUT2D eigenvalue weighted by atomic mass is 32.2. The van der Waals surface area contributed by atoms with Gasteiger partial charge in [-0.2, -0.15) is 0 Å². The molecule has 0 aromatic rings. The Bertz CT molecular complexity index is 225. The first kappa shape index (κ1) is 14.8. The Kier molecular flexibility index (Phi) is 6.30. The van der Waals surface area contributed by atoms with Crippen molar-refractivity contribution >= 4 is 12.0 Å². The van der Waals surface area contributed by atoms with Gasteiger partial charge in [-0.25, -0.2) is 0 Å². The van der Waals surface area contributed by atoms with E-state index in [1.807, 2.05) is 6.92 Å². The predicted molar refractivity (Wildman–Crippen MR) is 71.1 cm³/mol. The Morgan fingerprint density at radius 1 is 1.13 bits per heavy atom. The van der Waals surface area contributed by atoms with E-state index in [0.29, 0.717) is 0 Å². The fraction of sp³-hybridized carbons (Fsp3) is 0.692. The molecule has 0 bridgehead atoms. The molecule has 0 aliphatic rings. The summed E-state index contributed by atoms with van der Waals surface area (Å²) < 4.78 is 5.70. The van der Waals surface area contributed by atoms with Crippen LogP contribution in [0.3, 0.4) is 0 Å². The molecule has 1 nitrogen and oxygen atoms in total. The van der Waals surface area contributed by atoms with Crippen LogP contribution in [0.25, 0.3) is 0 Å². The van der Waals surface area contributed by atoms with E-state index in [2.05, 4.69) is 58.9 Å². The summed E-state index contributed by atoms with van der Waals surface area (Å²) in [5.41, 5.74) is -0.104. The molecule has 1 atom stereocenters. The van der Waals surface area contributed by atoms with E-state index in [0.717, 1.165) is 6.42 Å². The molecule has 2 heteroatoms. The number of hydrogen-bond acceptors (Lipinski definition) is 2. The summed E-state index contributed by atoms with van der Waals surface area (Å²) >= 11 is 1.52. The van der Waals surface area contributed by atoms with Gasteiger partial charge in [0.1, 0.15) is 0 Å². The third kappa shape index (κ3) is 7.69. The summed E-state index contributed by atoms with van der Waals surface area (Å²) in [6, 6.07) is 0. The first-order chi connectivity index (χ1) is 6.83. The van der Waals surface area contributed by atoms with Crippen LogP contribution < -0.4 is 0 Å². The Balaban J connectivity index is 4.45. The molecule has 0 rings (SSSR count). The van der Waals surface area contributed by atoms with Gasteiger partial charge >= 0.3 is 0 Å². The molecule has 0 amide bonds. The molecule has 0 aliphatic heterocycles. The second-order valence-electron chi connectivity index (χ2n) is 4.77. The molecular weight excluding hydrogens is 204 g/mol. The average Bonchev–Trinajstić information content (AvgIpc) is 2.12. The fourth-order valence-corrected chi connectivity index (χ4v) is 1.78. The minimum atomic E-state index is -0.104. The zero-order valence-electron chi connectivity index (χ0n) is 10.8. The van der Waals surface area contributed by atoms with Crippen LogP contribution in [0.4, 0.5) is 0 Å². The van der Waals surface area contributed by atoms with Crippen LogP contribution >= 0.6 is 12.0 Å². The van der Waals surface area contributed by atoms with E-state index in [1.54, 1.807) is 0 Å². The van der Waals surface area contributed by atoms with Crippen molar-refractivity contribution in [2.45, 2.75) is 58.3 Å². The van der Waals surface area contributed by atoms with Crippen LogP contribution in [0, 0.1) is 0 Å². The Morgan fingerprint density at radius 2 is 1.73 bits per heavy atom. The molecule has 0 spiro atoms. The van der Waals surface area contributed by atoms with Crippen molar-refractivity contribution in [3.05, 3.63) is 24.3 Å². The molecule has 15 heavy (non-hydrogen) atoms. The topological polar surface area (TPSA) is 9.23 Å². The summed E-state index contributed by atoms with van der Waals surface area (Å²) in [7, 11) is 0. The maximum atomic E-state index is 5.76. The third-order valence-electron chi connectivity index (χ3n) is 1.65. The second kappa shape index (κ2) is 6.39. The van der Waals surface area contributed by atoms with E-state index in [4.69, 9.17) is 4.18 Å². The van der Waals surface area contributed by atoms with Crippen LogP contribution in [0.1, 0.15) is 48.0 Å². The van der Waals surface area contributed by atoms with Crippen LogP contribution in [0.15, 0.2) is 24.3 Å². The summed E-state index contributed by atoms with van der Waals surface area (Å²) in [5.74, 6) is 0. The summed E-state index contributed by atoms with van der Waals surface area (Å²) in [5, 5.41) is 0. The van der Waals surface area contributed by atoms with Gasteiger partial charge in [0.25, 0.3) is 0 Å². The Labute approximate surface area is 99.2 Å². The largest absolute Gasteiger partial charge is 0.308 e.